The van der Waals surface area contributed by atoms with Crippen molar-refractivity contribution in [3.63, 3.8) is 0 Å². The van der Waals surface area contributed by atoms with Gasteiger partial charge in [-0.1, -0.05) is 5.16 Å². The van der Waals surface area contributed by atoms with Crippen molar-refractivity contribution >= 4 is 18.0 Å². The highest BCUT2D eigenvalue weighted by atomic mass is 32.2. The number of rotatable bonds is 4. The van der Waals surface area contributed by atoms with Crippen molar-refractivity contribution in [1.29, 1.82) is 0 Å². The van der Waals surface area contributed by atoms with E-state index in [1.165, 1.54) is 12.1 Å². The minimum Gasteiger partial charge on any atom is -0.469 e. The number of ether oxygens (including phenoxy) is 1. The van der Waals surface area contributed by atoms with Crippen LogP contribution in [0.5, 0.6) is 5.88 Å². The minimum atomic E-state index is -0.204. The molecule has 1 aliphatic heterocycles. The SMILES string of the molecule is NSN1CCC(Oc2nonc2/C(N)=N/O)C1. The molecule has 1 fully saturated rings. The van der Waals surface area contributed by atoms with E-state index in [0.29, 0.717) is 6.54 Å². The number of nitrogens with zero attached hydrogens (tertiary/aromatic N) is 4. The Morgan fingerprint density at radius 1 is 1.65 bits per heavy atom. The molecule has 0 aromatic carbocycles. The molecule has 0 bridgehead atoms. The van der Waals surface area contributed by atoms with E-state index in [1.54, 1.807) is 0 Å². The van der Waals surface area contributed by atoms with E-state index < -0.39 is 0 Å². The second-order valence-electron chi connectivity index (χ2n) is 3.43. The van der Waals surface area contributed by atoms with Crippen LogP contribution in [-0.2, 0) is 0 Å². The van der Waals surface area contributed by atoms with Gasteiger partial charge in [-0.2, -0.15) is 0 Å². The summed E-state index contributed by atoms with van der Waals surface area (Å²) in [5.41, 5.74) is 5.48. The maximum atomic E-state index is 8.54. The summed E-state index contributed by atoms with van der Waals surface area (Å²) in [6.07, 6.45) is 0.746. The lowest BCUT2D eigenvalue weighted by atomic mass is 10.3. The van der Waals surface area contributed by atoms with Crippen LogP contribution in [0.4, 0.5) is 0 Å². The first-order valence-corrected chi connectivity index (χ1v) is 5.67. The zero-order valence-corrected chi connectivity index (χ0v) is 9.63. The fourth-order valence-corrected chi connectivity index (χ4v) is 1.97. The molecule has 1 aromatic rings. The highest BCUT2D eigenvalue weighted by Crippen LogP contribution is 2.21. The molecule has 0 saturated carbocycles. The summed E-state index contributed by atoms with van der Waals surface area (Å²) >= 11 is 1.17. The predicted molar refractivity (Wildman–Crippen MR) is 59.2 cm³/mol. The summed E-state index contributed by atoms with van der Waals surface area (Å²) in [4.78, 5) is 0. The first-order chi connectivity index (χ1) is 8.24. The van der Waals surface area contributed by atoms with Gasteiger partial charge in [-0.15, -0.1) is 0 Å². The van der Waals surface area contributed by atoms with E-state index in [-0.39, 0.29) is 23.5 Å². The first kappa shape index (κ1) is 12.0. The highest BCUT2D eigenvalue weighted by molar-refractivity contribution is 7.94. The van der Waals surface area contributed by atoms with Crippen molar-refractivity contribution in [2.24, 2.45) is 16.0 Å². The number of aromatic nitrogens is 2. The molecule has 0 aliphatic carbocycles. The topological polar surface area (TPSA) is 136 Å². The lowest BCUT2D eigenvalue weighted by molar-refractivity contribution is 0.191. The van der Waals surface area contributed by atoms with Gasteiger partial charge >= 0.3 is 0 Å². The smallest absolute Gasteiger partial charge is 0.287 e. The lowest BCUT2D eigenvalue weighted by Crippen LogP contribution is -2.23. The van der Waals surface area contributed by atoms with Crippen molar-refractivity contribution < 1.29 is 14.6 Å². The Hall–Kier alpha value is -1.52. The van der Waals surface area contributed by atoms with Gasteiger partial charge in [0.1, 0.15) is 6.10 Å². The van der Waals surface area contributed by atoms with Crippen LogP contribution in [0.25, 0.3) is 0 Å². The minimum absolute atomic E-state index is 0.0665. The van der Waals surface area contributed by atoms with Crippen LogP contribution in [0, 0.1) is 0 Å². The molecule has 1 atom stereocenters. The van der Waals surface area contributed by atoms with Crippen molar-refractivity contribution in [1.82, 2.24) is 14.6 Å². The van der Waals surface area contributed by atoms with Crippen molar-refractivity contribution in [3.8, 4) is 5.88 Å². The fraction of sp³-hybridized carbons (Fsp3) is 0.571. The molecule has 0 amide bonds. The molecule has 1 aromatic heterocycles. The zero-order chi connectivity index (χ0) is 12.3. The third-order valence-corrected chi connectivity index (χ3v) is 2.97. The average molecular weight is 260 g/mol. The fourth-order valence-electron chi connectivity index (χ4n) is 1.51. The Bertz CT molecular complexity index is 410. The van der Waals surface area contributed by atoms with Gasteiger partial charge in [0, 0.05) is 25.2 Å². The van der Waals surface area contributed by atoms with Gasteiger partial charge in [0.25, 0.3) is 5.88 Å². The third-order valence-electron chi connectivity index (χ3n) is 2.34. The predicted octanol–water partition coefficient (Wildman–Crippen LogP) is -0.861. The Labute approximate surface area is 101 Å². The number of oxime groups is 1. The van der Waals surface area contributed by atoms with E-state index in [9.17, 15) is 0 Å². The molecule has 1 saturated heterocycles. The summed E-state index contributed by atoms with van der Waals surface area (Å²) in [5.74, 6) is -0.0847. The van der Waals surface area contributed by atoms with E-state index in [0.717, 1.165) is 13.0 Å². The molecule has 1 aliphatic rings. The average Bonchev–Trinajstić information content (AvgIpc) is 2.97. The molecule has 0 radical (unpaired) electrons. The van der Waals surface area contributed by atoms with Crippen molar-refractivity contribution in [3.05, 3.63) is 5.69 Å². The standard InChI is InChI=1S/C7H12N6O3S/c8-6(10-14)5-7(12-16-11-5)15-4-1-2-13(3-4)17-9/h4,14H,1-3,9H2,(H2,8,10). The Kier molecular flexibility index (Phi) is 3.66. The van der Waals surface area contributed by atoms with Gasteiger partial charge in [0.15, 0.2) is 5.84 Å². The third kappa shape index (κ3) is 2.60. The van der Waals surface area contributed by atoms with Crippen LogP contribution in [0.15, 0.2) is 9.78 Å². The summed E-state index contributed by atoms with van der Waals surface area (Å²) in [6, 6.07) is 0. The van der Waals surface area contributed by atoms with Gasteiger partial charge in [-0.25, -0.2) is 8.93 Å². The molecule has 10 heteroatoms. The number of amidine groups is 1. The van der Waals surface area contributed by atoms with E-state index in [4.69, 9.17) is 20.8 Å². The zero-order valence-electron chi connectivity index (χ0n) is 8.81. The van der Waals surface area contributed by atoms with Crippen molar-refractivity contribution in [2.45, 2.75) is 12.5 Å². The van der Waals surface area contributed by atoms with Gasteiger partial charge in [0.05, 0.1) is 0 Å². The normalized spacial score (nSPS) is 21.9. The summed E-state index contributed by atoms with van der Waals surface area (Å²) < 4.78 is 12.0. The molecule has 2 heterocycles. The van der Waals surface area contributed by atoms with Gasteiger partial charge in [-0.05, 0) is 16.7 Å². The molecule has 2 rings (SSSR count). The molecule has 9 nitrogen and oxygen atoms in total. The van der Waals surface area contributed by atoms with E-state index in [2.05, 4.69) is 20.1 Å². The lowest BCUT2D eigenvalue weighted by Gasteiger charge is -2.12. The van der Waals surface area contributed by atoms with Gasteiger partial charge < -0.3 is 15.7 Å². The molecule has 0 spiro atoms. The Morgan fingerprint density at radius 3 is 3.12 bits per heavy atom. The summed E-state index contributed by atoms with van der Waals surface area (Å²) in [6.45, 7) is 1.50. The second-order valence-corrected chi connectivity index (χ2v) is 4.15. The van der Waals surface area contributed by atoms with Crippen LogP contribution in [0.1, 0.15) is 12.1 Å². The van der Waals surface area contributed by atoms with Crippen LogP contribution >= 0.6 is 12.1 Å². The maximum absolute atomic E-state index is 8.54. The molecular weight excluding hydrogens is 248 g/mol. The first-order valence-electron chi connectivity index (χ1n) is 4.83. The quantitative estimate of drug-likeness (QED) is 0.207. The number of hydrogen-bond donors (Lipinski definition) is 3. The molecule has 94 valence electrons. The van der Waals surface area contributed by atoms with Gasteiger partial charge in [0.2, 0.25) is 5.69 Å². The molecular formula is C7H12N6O3S. The molecule has 1 unspecified atom stereocenters. The number of nitrogens with two attached hydrogens (primary N) is 2. The van der Waals surface area contributed by atoms with E-state index >= 15 is 0 Å². The van der Waals surface area contributed by atoms with Crippen LogP contribution in [0.3, 0.4) is 0 Å². The van der Waals surface area contributed by atoms with Crippen LogP contribution in [0.2, 0.25) is 0 Å². The van der Waals surface area contributed by atoms with Crippen molar-refractivity contribution in [2.75, 3.05) is 13.1 Å². The van der Waals surface area contributed by atoms with Crippen LogP contribution in [-0.4, -0.2) is 44.9 Å². The highest BCUT2D eigenvalue weighted by Gasteiger charge is 2.27. The summed E-state index contributed by atoms with van der Waals surface area (Å²) in [5, 5.41) is 23.9. The number of hydrogen-bond acceptors (Lipinski definition) is 9. The Balaban J connectivity index is 2.02. The van der Waals surface area contributed by atoms with Gasteiger partial charge in [-0.3, -0.25) is 5.14 Å². The Morgan fingerprint density at radius 2 is 2.47 bits per heavy atom. The van der Waals surface area contributed by atoms with E-state index in [1.807, 2.05) is 4.31 Å². The summed E-state index contributed by atoms with van der Waals surface area (Å²) in [7, 11) is 0. The largest absolute Gasteiger partial charge is 0.469 e. The maximum Gasteiger partial charge on any atom is 0.287 e. The molecule has 17 heavy (non-hydrogen) atoms. The van der Waals surface area contributed by atoms with Crippen LogP contribution < -0.4 is 15.6 Å². The monoisotopic (exact) mass is 260 g/mol. The molecule has 5 N–H and O–H groups in total. The second kappa shape index (κ2) is 5.21.